The average molecular weight is 459 g/mol. The van der Waals surface area contributed by atoms with E-state index in [1.807, 2.05) is 6.20 Å². The van der Waals surface area contributed by atoms with E-state index in [-0.39, 0.29) is 0 Å². The van der Waals surface area contributed by atoms with E-state index in [1.54, 1.807) is 7.11 Å². The Morgan fingerprint density at radius 2 is 1.56 bits per heavy atom. The van der Waals surface area contributed by atoms with Crippen LogP contribution in [0.25, 0.3) is 11.3 Å². The van der Waals surface area contributed by atoms with Crippen molar-refractivity contribution in [3.8, 4) is 17.0 Å². The van der Waals surface area contributed by atoms with Crippen molar-refractivity contribution in [3.63, 3.8) is 0 Å². The first-order valence-corrected chi connectivity index (χ1v) is 12.9. The van der Waals surface area contributed by atoms with Crippen LogP contribution in [0.5, 0.6) is 5.75 Å². The third-order valence-corrected chi connectivity index (χ3v) is 6.99. The number of ether oxygens (including phenoxy) is 1. The zero-order valence-electron chi connectivity index (χ0n) is 22.0. The van der Waals surface area contributed by atoms with Crippen molar-refractivity contribution < 1.29 is 4.74 Å². The minimum absolute atomic E-state index is 0.380. The van der Waals surface area contributed by atoms with Gasteiger partial charge in [-0.25, -0.2) is 0 Å². The molecule has 0 fully saturated rings. The second kappa shape index (κ2) is 12.7. The summed E-state index contributed by atoms with van der Waals surface area (Å²) in [5, 5.41) is 0. The highest BCUT2D eigenvalue weighted by Gasteiger charge is 2.22. The normalized spacial score (nSPS) is 12.2. The molecule has 0 bridgehead atoms. The highest BCUT2D eigenvalue weighted by molar-refractivity contribution is 5.73. The highest BCUT2D eigenvalue weighted by Crippen LogP contribution is 2.37. The van der Waals surface area contributed by atoms with Gasteiger partial charge in [0.2, 0.25) is 0 Å². The van der Waals surface area contributed by atoms with Crippen molar-refractivity contribution in [2.24, 2.45) is 0 Å². The number of rotatable bonds is 12. The Labute approximate surface area is 207 Å². The molecule has 1 aromatic heterocycles. The smallest absolute Gasteiger partial charge is 0.129 e. The van der Waals surface area contributed by atoms with Gasteiger partial charge in [-0.15, -0.1) is 0 Å². The molecule has 0 N–H and O–H groups in total. The van der Waals surface area contributed by atoms with E-state index in [9.17, 15) is 0 Å². The predicted octanol–water partition coefficient (Wildman–Crippen LogP) is 7.94. The first-order valence-electron chi connectivity index (χ1n) is 12.9. The standard InChI is InChI=1S/C31H42N2O/c1-7-10-12-20-28(26-16-13-11-14-17-26)33(5)22-27-21-32-30(23(4)31(27)34-6)29-24(8-2)18-15-19-25(29)9-3/h11,13-19,21,28H,7-10,12,20,22H2,1-6H3. The number of benzene rings is 2. The molecule has 1 atom stereocenters. The summed E-state index contributed by atoms with van der Waals surface area (Å²) in [6.45, 7) is 9.67. The molecule has 3 aromatic rings. The van der Waals surface area contributed by atoms with Crippen LogP contribution in [0.1, 0.15) is 80.3 Å². The quantitative estimate of drug-likeness (QED) is 0.258. The third kappa shape index (κ3) is 5.88. The Morgan fingerprint density at radius 1 is 0.882 bits per heavy atom. The van der Waals surface area contributed by atoms with Gasteiger partial charge in [-0.05, 0) is 49.9 Å². The topological polar surface area (TPSA) is 25.4 Å². The number of aryl methyl sites for hydroxylation is 2. The molecule has 3 nitrogen and oxygen atoms in total. The molecule has 34 heavy (non-hydrogen) atoms. The van der Waals surface area contributed by atoms with Gasteiger partial charge >= 0.3 is 0 Å². The summed E-state index contributed by atoms with van der Waals surface area (Å²) < 4.78 is 6.00. The van der Waals surface area contributed by atoms with Crippen molar-refractivity contribution in [2.45, 2.75) is 78.8 Å². The highest BCUT2D eigenvalue weighted by atomic mass is 16.5. The Morgan fingerprint density at radius 3 is 2.15 bits per heavy atom. The molecular formula is C31H42N2O. The lowest BCUT2D eigenvalue weighted by Crippen LogP contribution is -2.25. The zero-order valence-corrected chi connectivity index (χ0v) is 22.0. The van der Waals surface area contributed by atoms with Crippen molar-refractivity contribution in [3.05, 3.63) is 82.5 Å². The number of hydrogen-bond acceptors (Lipinski definition) is 3. The van der Waals surface area contributed by atoms with Crippen molar-refractivity contribution in [2.75, 3.05) is 14.2 Å². The molecule has 1 heterocycles. The molecule has 0 aliphatic carbocycles. The second-order valence-electron chi connectivity index (χ2n) is 9.29. The maximum atomic E-state index is 6.00. The third-order valence-electron chi connectivity index (χ3n) is 6.99. The van der Waals surface area contributed by atoms with E-state index >= 15 is 0 Å². The van der Waals surface area contributed by atoms with Crippen LogP contribution in [0.2, 0.25) is 0 Å². The fourth-order valence-corrected chi connectivity index (χ4v) is 5.13. The van der Waals surface area contributed by atoms with Crippen LogP contribution in [0.4, 0.5) is 0 Å². The second-order valence-corrected chi connectivity index (χ2v) is 9.29. The number of aromatic nitrogens is 1. The van der Waals surface area contributed by atoms with E-state index in [4.69, 9.17) is 9.72 Å². The monoisotopic (exact) mass is 458 g/mol. The summed E-state index contributed by atoms with van der Waals surface area (Å²) in [4.78, 5) is 7.49. The van der Waals surface area contributed by atoms with E-state index in [1.165, 1.54) is 41.5 Å². The Kier molecular flexibility index (Phi) is 9.71. The van der Waals surface area contributed by atoms with E-state index < -0.39 is 0 Å². The van der Waals surface area contributed by atoms with Crippen LogP contribution in [-0.2, 0) is 19.4 Å². The fraction of sp³-hybridized carbons (Fsp3) is 0.452. The van der Waals surface area contributed by atoms with Gasteiger partial charge < -0.3 is 4.74 Å². The minimum atomic E-state index is 0.380. The van der Waals surface area contributed by atoms with Gasteiger partial charge in [-0.2, -0.15) is 0 Å². The predicted molar refractivity (Wildman–Crippen MR) is 145 cm³/mol. The maximum absolute atomic E-state index is 6.00. The van der Waals surface area contributed by atoms with Gasteiger partial charge in [0, 0.05) is 35.5 Å². The first kappa shape index (κ1) is 26.0. The first-order chi connectivity index (χ1) is 16.5. The summed E-state index contributed by atoms with van der Waals surface area (Å²) in [6.07, 6.45) is 8.93. The number of hydrogen-bond donors (Lipinski definition) is 0. The lowest BCUT2D eigenvalue weighted by Gasteiger charge is -2.29. The van der Waals surface area contributed by atoms with Gasteiger partial charge in [-0.3, -0.25) is 9.88 Å². The Hall–Kier alpha value is -2.65. The van der Waals surface area contributed by atoms with Gasteiger partial charge in [0.05, 0.1) is 12.8 Å². The van der Waals surface area contributed by atoms with Crippen LogP contribution in [0, 0.1) is 6.92 Å². The van der Waals surface area contributed by atoms with Crippen molar-refractivity contribution in [1.29, 1.82) is 0 Å². The van der Waals surface area contributed by atoms with Crippen LogP contribution in [-0.4, -0.2) is 24.0 Å². The van der Waals surface area contributed by atoms with E-state index in [0.29, 0.717) is 6.04 Å². The molecular weight excluding hydrogens is 416 g/mol. The molecule has 0 aliphatic rings. The van der Waals surface area contributed by atoms with E-state index in [2.05, 4.69) is 88.2 Å². The largest absolute Gasteiger partial charge is 0.496 e. The SMILES string of the molecule is CCCCCC(c1ccccc1)N(C)Cc1cnc(-c2c(CC)cccc2CC)c(C)c1OC. The fourth-order valence-electron chi connectivity index (χ4n) is 5.13. The van der Waals surface area contributed by atoms with Crippen LogP contribution < -0.4 is 4.74 Å². The molecule has 0 spiro atoms. The average Bonchev–Trinajstić information content (AvgIpc) is 2.87. The number of pyridine rings is 1. The van der Waals surface area contributed by atoms with Gasteiger partial charge in [-0.1, -0.05) is 88.6 Å². The molecule has 0 saturated carbocycles. The molecule has 182 valence electrons. The summed E-state index contributed by atoms with van der Waals surface area (Å²) in [5.74, 6) is 0.963. The molecule has 0 saturated heterocycles. The van der Waals surface area contributed by atoms with Crippen molar-refractivity contribution >= 4 is 0 Å². The maximum Gasteiger partial charge on any atom is 0.129 e. The Bertz CT molecular complexity index is 1020. The number of methoxy groups -OCH3 is 1. The lowest BCUT2D eigenvalue weighted by atomic mass is 9.92. The van der Waals surface area contributed by atoms with Gasteiger partial charge in [0.25, 0.3) is 0 Å². The summed E-state index contributed by atoms with van der Waals surface area (Å²) in [7, 11) is 4.02. The molecule has 3 heteroatoms. The minimum Gasteiger partial charge on any atom is -0.496 e. The molecule has 0 radical (unpaired) electrons. The lowest BCUT2D eigenvalue weighted by molar-refractivity contribution is 0.217. The van der Waals surface area contributed by atoms with Gasteiger partial charge in [0.15, 0.2) is 0 Å². The molecule has 3 rings (SSSR count). The summed E-state index contributed by atoms with van der Waals surface area (Å²) >= 11 is 0. The van der Waals surface area contributed by atoms with Crippen LogP contribution in [0.15, 0.2) is 54.7 Å². The summed E-state index contributed by atoms with van der Waals surface area (Å²) in [5.41, 5.74) is 8.70. The number of nitrogens with zero attached hydrogens (tertiary/aromatic N) is 2. The van der Waals surface area contributed by atoms with Crippen LogP contribution in [0.3, 0.4) is 0 Å². The zero-order chi connectivity index (χ0) is 24.5. The van der Waals surface area contributed by atoms with Crippen molar-refractivity contribution in [1.82, 2.24) is 9.88 Å². The van der Waals surface area contributed by atoms with Gasteiger partial charge in [0.1, 0.15) is 5.75 Å². The van der Waals surface area contributed by atoms with Crippen LogP contribution >= 0.6 is 0 Å². The molecule has 0 aliphatic heterocycles. The summed E-state index contributed by atoms with van der Waals surface area (Å²) in [6, 6.07) is 17.9. The molecule has 1 unspecified atom stereocenters. The Balaban J connectivity index is 1.96. The molecule has 2 aromatic carbocycles. The van der Waals surface area contributed by atoms with E-state index in [0.717, 1.165) is 48.4 Å². The number of unbranched alkanes of at least 4 members (excludes halogenated alkanes) is 2. The molecule has 0 amide bonds.